The summed E-state index contributed by atoms with van der Waals surface area (Å²) in [7, 11) is 0. The van der Waals surface area contributed by atoms with E-state index in [9.17, 15) is 4.79 Å². The minimum atomic E-state index is -0.713. The van der Waals surface area contributed by atoms with Gasteiger partial charge in [-0.25, -0.2) is 9.97 Å². The van der Waals surface area contributed by atoms with Crippen molar-refractivity contribution < 1.29 is 4.79 Å². The van der Waals surface area contributed by atoms with E-state index in [0.29, 0.717) is 6.54 Å². The molecule has 5 nitrogen and oxygen atoms in total. The van der Waals surface area contributed by atoms with Crippen molar-refractivity contribution in [3.05, 3.63) is 16.5 Å². The number of halogens is 2. The average molecular weight is 277 g/mol. The lowest BCUT2D eigenvalue weighted by Gasteiger charge is -2.24. The fraction of sp³-hybridized carbons (Fsp3) is 0.500. The lowest BCUT2D eigenvalue weighted by molar-refractivity contribution is -0.121. The van der Waals surface area contributed by atoms with E-state index in [2.05, 4.69) is 20.6 Å². The summed E-state index contributed by atoms with van der Waals surface area (Å²) in [5.74, 6) is -0.0290. The number of nitrogens with zero attached hydrogens (tertiary/aromatic N) is 2. The maximum atomic E-state index is 12.0. The van der Waals surface area contributed by atoms with Crippen molar-refractivity contribution in [3.63, 3.8) is 0 Å². The van der Waals surface area contributed by atoms with E-state index in [1.807, 2.05) is 6.92 Å². The Morgan fingerprint density at radius 1 is 1.41 bits per heavy atom. The number of aromatic nitrogens is 2. The average Bonchev–Trinajstić information content (AvgIpc) is 2.24. The van der Waals surface area contributed by atoms with Crippen molar-refractivity contribution in [1.29, 1.82) is 0 Å². The molecule has 0 saturated heterocycles. The molecule has 1 amide bonds. The van der Waals surface area contributed by atoms with Crippen molar-refractivity contribution >= 4 is 34.9 Å². The third kappa shape index (κ3) is 3.52. The fourth-order valence-corrected chi connectivity index (χ4v) is 1.50. The first-order valence-electron chi connectivity index (χ1n) is 5.11. The maximum Gasteiger partial charge on any atom is 0.245 e. The Labute approximate surface area is 110 Å². The second kappa shape index (κ2) is 5.62. The molecule has 0 aliphatic heterocycles. The van der Waals surface area contributed by atoms with E-state index >= 15 is 0 Å². The Morgan fingerprint density at radius 2 is 2.06 bits per heavy atom. The lowest BCUT2D eigenvalue weighted by Crippen LogP contribution is -2.49. The molecule has 17 heavy (non-hydrogen) atoms. The Kier molecular flexibility index (Phi) is 4.68. The first kappa shape index (κ1) is 14.2. The molecule has 0 aromatic carbocycles. The van der Waals surface area contributed by atoms with E-state index in [1.54, 1.807) is 13.8 Å². The van der Waals surface area contributed by atoms with Crippen LogP contribution in [0.5, 0.6) is 0 Å². The Hall–Kier alpha value is -0.910. The molecule has 0 unspecified atom stereocenters. The van der Waals surface area contributed by atoms with Crippen LogP contribution in [0.15, 0.2) is 6.33 Å². The maximum absolute atomic E-state index is 12.0. The van der Waals surface area contributed by atoms with E-state index < -0.39 is 5.54 Å². The Balaban J connectivity index is 2.85. The topological polar surface area (TPSA) is 66.9 Å². The zero-order chi connectivity index (χ0) is 13.1. The normalized spacial score (nSPS) is 11.4. The van der Waals surface area contributed by atoms with E-state index in [-0.39, 0.29) is 21.9 Å². The standard InChI is InChI=1S/C10H14Cl2N4O/c1-4-15-10(2,3)9(17)16-8-6(11)7(12)13-5-14-8/h5,15H,4H2,1-3H3,(H,13,14,16,17). The van der Waals surface area contributed by atoms with Crippen LogP contribution in [-0.4, -0.2) is 28.0 Å². The minimum Gasteiger partial charge on any atom is -0.308 e. The van der Waals surface area contributed by atoms with Crippen LogP contribution < -0.4 is 10.6 Å². The van der Waals surface area contributed by atoms with Gasteiger partial charge in [0.05, 0.1) is 5.54 Å². The van der Waals surface area contributed by atoms with Crippen molar-refractivity contribution in [3.8, 4) is 0 Å². The number of likely N-dealkylation sites (N-methyl/N-ethyl adjacent to an activating group) is 1. The minimum absolute atomic E-state index is 0.109. The molecule has 0 saturated carbocycles. The van der Waals surface area contributed by atoms with Crippen LogP contribution in [0.2, 0.25) is 10.2 Å². The van der Waals surface area contributed by atoms with Gasteiger partial charge in [-0.15, -0.1) is 0 Å². The molecule has 1 rings (SSSR count). The van der Waals surface area contributed by atoms with Crippen molar-refractivity contribution in [2.45, 2.75) is 26.3 Å². The summed E-state index contributed by atoms with van der Waals surface area (Å²) in [6.45, 7) is 6.13. The number of nitrogens with one attached hydrogen (secondary N) is 2. The van der Waals surface area contributed by atoms with Gasteiger partial charge < -0.3 is 10.6 Å². The highest BCUT2D eigenvalue weighted by molar-refractivity contribution is 6.42. The monoisotopic (exact) mass is 276 g/mol. The molecule has 0 bridgehead atoms. The van der Waals surface area contributed by atoms with Gasteiger partial charge in [-0.1, -0.05) is 30.1 Å². The van der Waals surface area contributed by atoms with Gasteiger partial charge in [-0.05, 0) is 20.4 Å². The van der Waals surface area contributed by atoms with Gasteiger partial charge in [0.15, 0.2) is 11.0 Å². The molecule has 0 spiro atoms. The molecular formula is C10H14Cl2N4O. The number of anilines is 1. The first-order chi connectivity index (χ1) is 7.88. The fourth-order valence-electron chi connectivity index (χ4n) is 1.22. The van der Waals surface area contributed by atoms with Gasteiger partial charge >= 0.3 is 0 Å². The zero-order valence-corrected chi connectivity index (χ0v) is 11.4. The predicted molar refractivity (Wildman–Crippen MR) is 68.4 cm³/mol. The lowest BCUT2D eigenvalue weighted by atomic mass is 10.0. The molecule has 0 aliphatic carbocycles. The molecule has 0 aliphatic rings. The highest BCUT2D eigenvalue weighted by atomic mass is 35.5. The number of amides is 1. The number of carbonyl (C=O) groups excluding carboxylic acids is 1. The molecule has 1 aromatic rings. The summed E-state index contributed by atoms with van der Waals surface area (Å²) >= 11 is 11.6. The van der Waals surface area contributed by atoms with Gasteiger partial charge in [0.2, 0.25) is 5.91 Å². The molecule has 2 N–H and O–H groups in total. The van der Waals surface area contributed by atoms with Gasteiger partial charge in [0.25, 0.3) is 0 Å². The number of carbonyl (C=O) groups is 1. The van der Waals surface area contributed by atoms with Crippen LogP contribution in [0.25, 0.3) is 0 Å². The van der Waals surface area contributed by atoms with E-state index in [1.165, 1.54) is 6.33 Å². The Bertz CT molecular complexity index is 423. The molecule has 7 heteroatoms. The summed E-state index contributed by atoms with van der Waals surface area (Å²) in [6.07, 6.45) is 1.24. The first-order valence-corrected chi connectivity index (χ1v) is 5.86. The third-order valence-electron chi connectivity index (χ3n) is 2.17. The largest absolute Gasteiger partial charge is 0.308 e. The second-order valence-electron chi connectivity index (χ2n) is 3.94. The SMILES string of the molecule is CCNC(C)(C)C(=O)Nc1ncnc(Cl)c1Cl. The summed E-state index contributed by atoms with van der Waals surface area (Å²) < 4.78 is 0. The summed E-state index contributed by atoms with van der Waals surface area (Å²) in [6, 6.07) is 0. The third-order valence-corrected chi connectivity index (χ3v) is 2.91. The van der Waals surface area contributed by atoms with Gasteiger partial charge in [-0.3, -0.25) is 4.79 Å². The van der Waals surface area contributed by atoms with Crippen molar-refractivity contribution in [2.24, 2.45) is 0 Å². The quantitative estimate of drug-likeness (QED) is 0.827. The van der Waals surface area contributed by atoms with E-state index in [4.69, 9.17) is 23.2 Å². The molecule has 94 valence electrons. The van der Waals surface area contributed by atoms with Gasteiger partial charge in [0.1, 0.15) is 11.3 Å². The predicted octanol–water partition coefficient (Wildman–Crippen LogP) is 2.11. The van der Waals surface area contributed by atoms with Crippen LogP contribution in [0, 0.1) is 0 Å². The van der Waals surface area contributed by atoms with E-state index in [0.717, 1.165) is 0 Å². The molecule has 1 aromatic heterocycles. The van der Waals surface area contributed by atoms with Crippen LogP contribution in [0.4, 0.5) is 5.82 Å². The molecule has 0 atom stereocenters. The molecule has 0 radical (unpaired) electrons. The molecule has 0 fully saturated rings. The van der Waals surface area contributed by atoms with Crippen molar-refractivity contribution in [2.75, 3.05) is 11.9 Å². The van der Waals surface area contributed by atoms with Crippen LogP contribution in [-0.2, 0) is 4.79 Å². The number of hydrogen-bond acceptors (Lipinski definition) is 4. The smallest absolute Gasteiger partial charge is 0.245 e. The van der Waals surface area contributed by atoms with Gasteiger partial charge in [-0.2, -0.15) is 0 Å². The highest BCUT2D eigenvalue weighted by Crippen LogP contribution is 2.25. The molecule has 1 heterocycles. The summed E-state index contributed by atoms with van der Waals surface area (Å²) in [5.41, 5.74) is -0.713. The number of hydrogen-bond donors (Lipinski definition) is 2. The Morgan fingerprint density at radius 3 is 2.65 bits per heavy atom. The second-order valence-corrected chi connectivity index (χ2v) is 4.67. The van der Waals surface area contributed by atoms with Crippen LogP contribution in [0.3, 0.4) is 0 Å². The van der Waals surface area contributed by atoms with Crippen LogP contribution >= 0.6 is 23.2 Å². The van der Waals surface area contributed by atoms with Crippen molar-refractivity contribution in [1.82, 2.24) is 15.3 Å². The zero-order valence-electron chi connectivity index (χ0n) is 9.84. The van der Waals surface area contributed by atoms with Crippen LogP contribution in [0.1, 0.15) is 20.8 Å². The number of rotatable bonds is 4. The highest BCUT2D eigenvalue weighted by Gasteiger charge is 2.27. The molecular weight excluding hydrogens is 263 g/mol. The summed E-state index contributed by atoms with van der Waals surface area (Å²) in [4.78, 5) is 19.5. The summed E-state index contributed by atoms with van der Waals surface area (Å²) in [5, 5.41) is 5.90. The van der Waals surface area contributed by atoms with Gasteiger partial charge in [0, 0.05) is 0 Å².